The van der Waals surface area contributed by atoms with Gasteiger partial charge < -0.3 is 0 Å². The maximum Gasteiger partial charge on any atom is 0.281 e. The van der Waals surface area contributed by atoms with Gasteiger partial charge in [-0.2, -0.15) is 16.8 Å². The van der Waals surface area contributed by atoms with E-state index in [1.807, 2.05) is 0 Å². The molecule has 10 heteroatoms. The Hall–Kier alpha value is -4.00. The van der Waals surface area contributed by atoms with Crippen molar-refractivity contribution >= 4 is 67.9 Å². The second-order valence-electron chi connectivity index (χ2n) is 14.9. The summed E-state index contributed by atoms with van der Waals surface area (Å²) in [4.78, 5) is 0. The Kier molecular flexibility index (Phi) is 15.3. The Morgan fingerprint density at radius 2 is 0.564 bits per heavy atom. The van der Waals surface area contributed by atoms with Crippen molar-refractivity contribution in [3.05, 3.63) is 181 Å². The molecule has 0 amide bonds. The number of hydrogen-bond donors (Lipinski definition) is 2. The predicted octanol–water partition coefficient (Wildman–Crippen LogP) is 8.20. The summed E-state index contributed by atoms with van der Waals surface area (Å²) in [5.41, 5.74) is 3.16. The van der Waals surface area contributed by atoms with E-state index in [4.69, 9.17) is 9.11 Å². The number of benzene rings is 6. The zero-order chi connectivity index (χ0) is 40.3. The van der Waals surface area contributed by atoms with Crippen molar-refractivity contribution in [2.75, 3.05) is 5.08 Å². The Balaban J connectivity index is 0.000000201. The predicted molar refractivity (Wildman–Crippen MR) is 236 cm³/mol. The average molecular weight is 813 g/mol. The minimum atomic E-state index is -4.62. The van der Waals surface area contributed by atoms with Crippen molar-refractivity contribution < 1.29 is 25.9 Å². The van der Waals surface area contributed by atoms with Gasteiger partial charge in [-0.05, 0) is 69.6 Å². The van der Waals surface area contributed by atoms with Crippen molar-refractivity contribution in [3.8, 4) is 0 Å². The topological polar surface area (TPSA) is 109 Å². The Bertz CT molecular complexity index is 2030. The number of hydrogen-bond acceptors (Lipinski definition) is 4. The van der Waals surface area contributed by atoms with Crippen LogP contribution in [0.1, 0.15) is 52.7 Å². The lowest BCUT2D eigenvalue weighted by atomic mass is 9.87. The molecule has 0 spiro atoms. The van der Waals surface area contributed by atoms with E-state index >= 15 is 0 Å². The highest BCUT2D eigenvalue weighted by Gasteiger charge is 2.20. The molecular weight excluding hydrogens is 763 g/mol. The van der Waals surface area contributed by atoms with Gasteiger partial charge in [0.1, 0.15) is 0 Å². The Morgan fingerprint density at radius 3 is 0.727 bits per heavy atom. The molecule has 6 aromatic rings. The van der Waals surface area contributed by atoms with Gasteiger partial charge >= 0.3 is 0 Å². The van der Waals surface area contributed by atoms with Gasteiger partial charge in [0.25, 0.3) is 20.2 Å². The van der Waals surface area contributed by atoms with Gasteiger partial charge in [-0.15, -0.1) is 0 Å². The second kappa shape index (κ2) is 19.2. The van der Waals surface area contributed by atoms with Crippen LogP contribution < -0.4 is 31.8 Å². The Morgan fingerprint density at radius 1 is 0.364 bits per heavy atom. The van der Waals surface area contributed by atoms with Gasteiger partial charge in [-0.3, -0.25) is 9.11 Å². The fourth-order valence-corrected chi connectivity index (χ4v) is 11.7. The smallest absolute Gasteiger partial charge is 0.281 e. The minimum Gasteiger partial charge on any atom is -0.285 e. The molecule has 0 aliphatic rings. The zero-order valence-corrected chi connectivity index (χ0v) is 35.5. The molecule has 0 atom stereocenters. The summed E-state index contributed by atoms with van der Waals surface area (Å²) < 4.78 is 54.2. The van der Waals surface area contributed by atoms with Gasteiger partial charge in [0, 0.05) is 0 Å². The first-order valence-electron chi connectivity index (χ1n) is 17.7. The monoisotopic (exact) mass is 812 g/mol. The van der Waals surface area contributed by atoms with Gasteiger partial charge in [-0.25, -0.2) is 0 Å². The van der Waals surface area contributed by atoms with E-state index in [1.54, 1.807) is 0 Å². The van der Waals surface area contributed by atoms with Crippen LogP contribution in [0.3, 0.4) is 0 Å². The largest absolute Gasteiger partial charge is 0.285 e. The molecule has 0 fully saturated rings. The molecular formula is C45H50O6P2S2. The van der Waals surface area contributed by atoms with E-state index < -0.39 is 41.2 Å². The summed E-state index contributed by atoms with van der Waals surface area (Å²) in [5, 5.41) is 6.76. The summed E-state index contributed by atoms with van der Waals surface area (Å²) >= 11 is 0. The standard InChI is InChI=1S/2C22H23P.CH4O6S2/c2*1-22(2,3)18-14-16-21(17-15-18)23(19-10-6-4-7-11-19)20-12-8-5-9-13-20;2-8(3,4)1-9(5,6)7/h2*4-17H,1-3H3;1H2,(H,2,3,4)(H,5,6,7). The molecule has 0 bridgehead atoms. The molecule has 6 aromatic carbocycles. The fourth-order valence-electron chi connectivity index (χ4n) is 5.61. The fraction of sp³-hybridized carbons (Fsp3) is 0.200. The highest BCUT2D eigenvalue weighted by molar-refractivity contribution is 8.02. The van der Waals surface area contributed by atoms with Gasteiger partial charge in [0.15, 0.2) is 0 Å². The molecule has 0 aliphatic carbocycles. The SMILES string of the molecule is CC(C)(C)c1ccc(P(c2ccccc2)c2ccccc2)cc1.CC(C)(C)c1ccc(P(c2ccccc2)c2ccccc2)cc1.O=S(=O)(O)CS(=O)(=O)O. The zero-order valence-electron chi connectivity index (χ0n) is 32.1. The molecule has 6 nitrogen and oxygen atoms in total. The highest BCUT2D eigenvalue weighted by atomic mass is 32.3. The summed E-state index contributed by atoms with van der Waals surface area (Å²) in [7, 11) is -10.2. The lowest BCUT2D eigenvalue weighted by Crippen LogP contribution is -2.21. The summed E-state index contributed by atoms with van der Waals surface area (Å²) in [6.45, 7) is 13.6. The van der Waals surface area contributed by atoms with Crippen molar-refractivity contribution in [2.24, 2.45) is 0 Å². The lowest BCUT2D eigenvalue weighted by Gasteiger charge is -2.22. The van der Waals surface area contributed by atoms with Crippen LogP contribution in [0.2, 0.25) is 0 Å². The average Bonchev–Trinajstić information content (AvgIpc) is 3.13. The second-order valence-corrected chi connectivity index (χ2v) is 22.6. The van der Waals surface area contributed by atoms with Crippen LogP contribution in [0.25, 0.3) is 0 Å². The Labute approximate surface area is 330 Å². The third-order valence-corrected chi connectivity index (χ3v) is 15.6. The molecule has 0 saturated carbocycles. The van der Waals surface area contributed by atoms with Crippen molar-refractivity contribution in [1.82, 2.24) is 0 Å². The van der Waals surface area contributed by atoms with Crippen LogP contribution in [0.15, 0.2) is 170 Å². The maximum atomic E-state index is 9.66. The summed E-state index contributed by atoms with van der Waals surface area (Å²) in [5.74, 6) is 0. The van der Waals surface area contributed by atoms with E-state index in [0.717, 1.165) is 0 Å². The van der Waals surface area contributed by atoms with Crippen molar-refractivity contribution in [3.63, 3.8) is 0 Å². The molecule has 0 unspecified atom stereocenters. The van der Waals surface area contributed by atoms with Crippen LogP contribution in [0.4, 0.5) is 0 Å². The van der Waals surface area contributed by atoms with E-state index in [-0.39, 0.29) is 10.8 Å². The molecule has 2 N–H and O–H groups in total. The van der Waals surface area contributed by atoms with E-state index in [2.05, 4.69) is 211 Å². The van der Waals surface area contributed by atoms with Crippen LogP contribution in [-0.4, -0.2) is 31.0 Å². The molecule has 288 valence electrons. The summed E-state index contributed by atoms with van der Waals surface area (Å²) in [6.07, 6.45) is 0. The summed E-state index contributed by atoms with van der Waals surface area (Å²) in [6, 6.07) is 61.8. The molecule has 0 radical (unpaired) electrons. The van der Waals surface area contributed by atoms with Gasteiger partial charge in [0.2, 0.25) is 5.08 Å². The third kappa shape index (κ3) is 14.2. The van der Waals surface area contributed by atoms with Gasteiger partial charge in [-0.1, -0.05) is 211 Å². The van der Waals surface area contributed by atoms with Crippen LogP contribution >= 0.6 is 15.8 Å². The minimum absolute atomic E-state index is 0.195. The van der Waals surface area contributed by atoms with Crippen LogP contribution in [0, 0.1) is 0 Å². The van der Waals surface area contributed by atoms with Crippen LogP contribution in [0.5, 0.6) is 0 Å². The number of rotatable bonds is 8. The molecule has 0 heterocycles. The van der Waals surface area contributed by atoms with Crippen molar-refractivity contribution in [1.29, 1.82) is 0 Å². The quantitative estimate of drug-likeness (QED) is 0.119. The molecule has 0 aliphatic heterocycles. The first-order chi connectivity index (χ1) is 25.8. The molecule has 0 saturated heterocycles. The highest BCUT2D eigenvalue weighted by Crippen LogP contribution is 2.35. The van der Waals surface area contributed by atoms with Crippen LogP contribution in [-0.2, 0) is 31.1 Å². The first-order valence-corrected chi connectivity index (χ1v) is 23.6. The lowest BCUT2D eigenvalue weighted by molar-refractivity contribution is 0.471. The first kappa shape index (κ1) is 43.7. The molecule has 0 aromatic heterocycles. The van der Waals surface area contributed by atoms with E-state index in [9.17, 15) is 16.8 Å². The van der Waals surface area contributed by atoms with Crippen molar-refractivity contribution in [2.45, 2.75) is 52.4 Å². The maximum absolute atomic E-state index is 9.66. The molecule has 6 rings (SSSR count). The third-order valence-electron chi connectivity index (χ3n) is 8.34. The molecule has 55 heavy (non-hydrogen) atoms. The van der Waals surface area contributed by atoms with E-state index in [0.29, 0.717) is 0 Å². The van der Waals surface area contributed by atoms with E-state index in [1.165, 1.54) is 43.0 Å². The van der Waals surface area contributed by atoms with Gasteiger partial charge in [0.05, 0.1) is 0 Å². The normalized spacial score (nSPS) is 12.0.